The first-order valence-electron chi connectivity index (χ1n) is 7.77. The maximum absolute atomic E-state index is 12.4. The van der Waals surface area contributed by atoms with E-state index in [4.69, 9.17) is 9.15 Å². The summed E-state index contributed by atoms with van der Waals surface area (Å²) in [4.78, 5) is 37.3. The van der Waals surface area contributed by atoms with E-state index in [0.29, 0.717) is 28.5 Å². The van der Waals surface area contributed by atoms with Crippen LogP contribution in [0.4, 0.5) is 9.80 Å². The van der Waals surface area contributed by atoms with Crippen molar-refractivity contribution in [3.05, 3.63) is 28.1 Å². The summed E-state index contributed by atoms with van der Waals surface area (Å²) >= 11 is 1.25. The Balaban J connectivity index is 1.81. The molecule has 0 atom stereocenters. The van der Waals surface area contributed by atoms with E-state index in [9.17, 15) is 14.4 Å². The number of urea groups is 1. The van der Waals surface area contributed by atoms with E-state index in [0.717, 1.165) is 12.8 Å². The van der Waals surface area contributed by atoms with Gasteiger partial charge in [-0.25, -0.2) is 14.4 Å². The molecule has 0 bridgehead atoms. The second-order valence-electron chi connectivity index (χ2n) is 5.65. The molecule has 0 saturated carbocycles. The number of carbonyl (C=O) groups is 2. The monoisotopic (exact) mass is 366 g/mol. The molecule has 1 fully saturated rings. The van der Waals surface area contributed by atoms with Crippen molar-refractivity contribution in [1.29, 1.82) is 0 Å². The zero-order chi connectivity index (χ0) is 18.0. The molecular weight excluding hydrogens is 348 g/mol. The number of hydrogen-bond donors (Lipinski definition) is 1. The summed E-state index contributed by atoms with van der Waals surface area (Å²) in [6.07, 6.45) is 1.56. The average molecular weight is 366 g/mol. The van der Waals surface area contributed by atoms with Gasteiger partial charge in [-0.2, -0.15) is 0 Å². The molecule has 1 aliphatic rings. The summed E-state index contributed by atoms with van der Waals surface area (Å²) < 4.78 is 15.6. The molecule has 3 heterocycles. The summed E-state index contributed by atoms with van der Waals surface area (Å²) in [6, 6.07) is 2.87. The Hall–Kier alpha value is -2.39. The number of anilines is 1. The second-order valence-corrected chi connectivity index (χ2v) is 6.71. The number of hydrogen-bond acceptors (Lipinski definition) is 7. The van der Waals surface area contributed by atoms with Crippen molar-refractivity contribution in [3.63, 3.8) is 0 Å². The van der Waals surface area contributed by atoms with Crippen LogP contribution in [0.15, 0.2) is 21.3 Å². The molecule has 25 heavy (non-hydrogen) atoms. The number of carbonyl (C=O) groups excluding carboxylic acids is 2. The van der Waals surface area contributed by atoms with Gasteiger partial charge in [-0.3, -0.25) is 4.90 Å². The van der Waals surface area contributed by atoms with E-state index in [2.05, 4.69) is 10.1 Å². The number of thiophene rings is 1. The molecule has 2 aromatic heterocycles. The third kappa shape index (κ3) is 3.67. The Bertz CT molecular complexity index is 852. The molecule has 0 unspecified atom stereocenters. The molecule has 2 amide bonds. The van der Waals surface area contributed by atoms with Crippen LogP contribution in [0.3, 0.4) is 0 Å². The molecule has 2 aromatic rings. The van der Waals surface area contributed by atoms with Gasteiger partial charge in [0.1, 0.15) is 10.6 Å². The second kappa shape index (κ2) is 7.24. The summed E-state index contributed by atoms with van der Waals surface area (Å²) in [7, 11) is 2.83. The van der Waals surface area contributed by atoms with Gasteiger partial charge in [-0.05, 0) is 18.9 Å². The number of ether oxygens (including phenoxy) is 2. The number of nitrogens with zero attached hydrogens (tertiary/aromatic N) is 1. The van der Waals surface area contributed by atoms with Gasteiger partial charge >= 0.3 is 17.6 Å². The Morgan fingerprint density at radius 1 is 1.32 bits per heavy atom. The van der Waals surface area contributed by atoms with Gasteiger partial charge in [-0.1, -0.05) is 0 Å². The lowest BCUT2D eigenvalue weighted by Crippen LogP contribution is -2.45. The minimum absolute atomic E-state index is 0.0851. The maximum Gasteiger partial charge on any atom is 0.351 e. The average Bonchev–Trinajstić information content (AvgIpc) is 3.03. The molecule has 0 aromatic carbocycles. The zero-order valence-electron chi connectivity index (χ0n) is 13.9. The van der Waals surface area contributed by atoms with E-state index in [1.165, 1.54) is 29.4 Å². The van der Waals surface area contributed by atoms with Gasteiger partial charge in [-0.15, -0.1) is 11.3 Å². The first-order chi connectivity index (χ1) is 12.0. The minimum atomic E-state index is -0.766. The Morgan fingerprint density at radius 2 is 2.04 bits per heavy atom. The third-order valence-electron chi connectivity index (χ3n) is 4.00. The van der Waals surface area contributed by atoms with Crippen molar-refractivity contribution in [1.82, 2.24) is 5.32 Å². The summed E-state index contributed by atoms with van der Waals surface area (Å²) in [5, 5.41) is 3.56. The van der Waals surface area contributed by atoms with Crippen LogP contribution in [0.5, 0.6) is 0 Å². The van der Waals surface area contributed by atoms with Crippen molar-refractivity contribution in [2.75, 3.05) is 32.3 Å². The molecule has 8 nitrogen and oxygen atoms in total. The molecule has 1 N–H and O–H groups in total. The molecule has 1 aliphatic heterocycles. The van der Waals surface area contributed by atoms with Crippen LogP contribution >= 0.6 is 11.3 Å². The Morgan fingerprint density at radius 3 is 2.72 bits per heavy atom. The molecule has 1 saturated heterocycles. The lowest BCUT2D eigenvalue weighted by atomic mass is 10.1. The predicted molar refractivity (Wildman–Crippen MR) is 92.5 cm³/mol. The Labute approximate surface area is 147 Å². The minimum Gasteiger partial charge on any atom is -0.465 e. The largest absolute Gasteiger partial charge is 0.465 e. The highest BCUT2D eigenvalue weighted by Crippen LogP contribution is 2.32. The number of nitrogens with one attached hydrogen (secondary N) is 1. The van der Waals surface area contributed by atoms with Crippen molar-refractivity contribution >= 4 is 38.6 Å². The highest BCUT2D eigenvalue weighted by atomic mass is 32.1. The van der Waals surface area contributed by atoms with Crippen molar-refractivity contribution in [2.45, 2.75) is 18.9 Å². The van der Waals surface area contributed by atoms with Crippen LogP contribution in [0.2, 0.25) is 0 Å². The highest BCUT2D eigenvalue weighted by Gasteiger charge is 2.21. The van der Waals surface area contributed by atoms with E-state index in [1.54, 1.807) is 13.1 Å². The van der Waals surface area contributed by atoms with Crippen LogP contribution in [0, 0.1) is 0 Å². The number of esters is 1. The van der Waals surface area contributed by atoms with Crippen molar-refractivity contribution in [2.24, 2.45) is 0 Å². The van der Waals surface area contributed by atoms with Gasteiger partial charge in [0.2, 0.25) is 0 Å². The van der Waals surface area contributed by atoms with Crippen molar-refractivity contribution in [3.8, 4) is 0 Å². The van der Waals surface area contributed by atoms with Crippen LogP contribution in [-0.2, 0) is 9.47 Å². The van der Waals surface area contributed by atoms with Gasteiger partial charge < -0.3 is 19.2 Å². The normalized spacial score (nSPS) is 15.1. The fourth-order valence-corrected chi connectivity index (χ4v) is 3.52. The van der Waals surface area contributed by atoms with E-state index in [1.807, 2.05) is 0 Å². The van der Waals surface area contributed by atoms with Crippen LogP contribution in [0.1, 0.15) is 23.2 Å². The third-order valence-corrected chi connectivity index (χ3v) is 5.14. The Kier molecular flexibility index (Phi) is 5.05. The molecule has 9 heteroatoms. The smallest absolute Gasteiger partial charge is 0.351 e. The number of amides is 2. The van der Waals surface area contributed by atoms with Gasteiger partial charge in [0.15, 0.2) is 5.58 Å². The van der Waals surface area contributed by atoms with E-state index in [-0.39, 0.29) is 17.6 Å². The van der Waals surface area contributed by atoms with Gasteiger partial charge in [0, 0.05) is 32.4 Å². The molecule has 134 valence electrons. The fraction of sp³-hybridized carbons (Fsp3) is 0.438. The standard InChI is InChI=1S/C16H18N2O6S/c1-18(16(21)17-9-3-5-23-6-4-9)13-8-11-12(25-13)7-10(14(19)22-2)15(20)24-11/h7-9H,3-6H2,1-2H3,(H,17,21). The predicted octanol–water partition coefficient (Wildman–Crippen LogP) is 1.97. The first-order valence-corrected chi connectivity index (χ1v) is 8.59. The van der Waals surface area contributed by atoms with Crippen molar-refractivity contribution < 1.29 is 23.5 Å². The quantitative estimate of drug-likeness (QED) is 0.834. The zero-order valence-corrected chi connectivity index (χ0v) is 14.7. The van der Waals surface area contributed by atoms with E-state index < -0.39 is 11.6 Å². The van der Waals surface area contributed by atoms with Crippen LogP contribution in [-0.4, -0.2) is 45.4 Å². The lowest BCUT2D eigenvalue weighted by molar-refractivity contribution is 0.0596. The lowest BCUT2D eigenvalue weighted by Gasteiger charge is -2.25. The summed E-state index contributed by atoms with van der Waals surface area (Å²) in [5.41, 5.74) is -0.612. The molecule has 0 aliphatic carbocycles. The highest BCUT2D eigenvalue weighted by molar-refractivity contribution is 7.22. The molecule has 0 radical (unpaired) electrons. The molecular formula is C16H18N2O6S. The fourth-order valence-electron chi connectivity index (χ4n) is 2.53. The SMILES string of the molecule is COC(=O)c1cc2sc(N(C)C(=O)NC3CCOCC3)cc2oc1=O. The summed E-state index contributed by atoms with van der Waals surface area (Å²) in [5.74, 6) is -0.754. The van der Waals surface area contributed by atoms with Gasteiger partial charge in [0.05, 0.1) is 11.8 Å². The van der Waals surface area contributed by atoms with Crippen LogP contribution < -0.4 is 15.8 Å². The topological polar surface area (TPSA) is 98.1 Å². The molecule has 0 spiro atoms. The maximum atomic E-state index is 12.4. The number of rotatable bonds is 3. The summed E-state index contributed by atoms with van der Waals surface area (Å²) in [6.45, 7) is 1.28. The number of fused-ring (bicyclic) bond motifs is 1. The van der Waals surface area contributed by atoms with Crippen LogP contribution in [0.25, 0.3) is 10.3 Å². The van der Waals surface area contributed by atoms with E-state index >= 15 is 0 Å². The number of methoxy groups -OCH3 is 1. The molecule has 3 rings (SSSR count). The van der Waals surface area contributed by atoms with Gasteiger partial charge in [0.25, 0.3) is 0 Å². The first kappa shape index (κ1) is 17.4.